The summed E-state index contributed by atoms with van der Waals surface area (Å²) in [5.41, 5.74) is 1.00. The number of hydrogen-bond acceptors (Lipinski definition) is 7. The van der Waals surface area contributed by atoms with Crippen LogP contribution in [0.1, 0.15) is 30.1 Å². The van der Waals surface area contributed by atoms with Crippen LogP contribution in [0.25, 0.3) is 0 Å². The van der Waals surface area contributed by atoms with Gasteiger partial charge in [-0.3, -0.25) is 9.48 Å². The van der Waals surface area contributed by atoms with E-state index >= 15 is 0 Å². The number of sulfonamides is 1. The summed E-state index contributed by atoms with van der Waals surface area (Å²) in [6.07, 6.45) is 3.27. The van der Waals surface area contributed by atoms with E-state index in [9.17, 15) is 13.2 Å². The Kier molecular flexibility index (Phi) is 7.20. The molecular formula is C22H31N5O5S. The maximum atomic E-state index is 13.4. The predicted molar refractivity (Wildman–Crippen MR) is 123 cm³/mol. The summed E-state index contributed by atoms with van der Waals surface area (Å²) < 4.78 is 40.8. The van der Waals surface area contributed by atoms with Crippen molar-refractivity contribution < 1.29 is 22.7 Å². The first-order chi connectivity index (χ1) is 15.9. The third-order valence-corrected chi connectivity index (χ3v) is 7.72. The van der Waals surface area contributed by atoms with Gasteiger partial charge in [-0.2, -0.15) is 9.40 Å². The van der Waals surface area contributed by atoms with Crippen LogP contribution in [0, 0.1) is 0 Å². The number of hydrogen-bond donors (Lipinski definition) is 1. The zero-order valence-electron chi connectivity index (χ0n) is 19.1. The molecule has 0 radical (unpaired) electrons. The Morgan fingerprint density at radius 2 is 2.00 bits per heavy atom. The number of para-hydroxylation sites is 2. The van der Waals surface area contributed by atoms with E-state index in [-0.39, 0.29) is 29.8 Å². The SMILES string of the molecule is CCOc1ccccc1N1CCN(S(=O)(=O)c2nn(C)cc2C(=O)NCC2CCCO2)CC1. The maximum absolute atomic E-state index is 13.4. The molecule has 11 heteroatoms. The van der Waals surface area contributed by atoms with Crippen LogP contribution in [0.4, 0.5) is 5.69 Å². The van der Waals surface area contributed by atoms with E-state index in [2.05, 4.69) is 15.3 Å². The number of nitrogens with zero attached hydrogens (tertiary/aromatic N) is 4. The average molecular weight is 478 g/mol. The van der Waals surface area contributed by atoms with Gasteiger partial charge in [0.1, 0.15) is 5.75 Å². The number of carbonyl (C=O) groups is 1. The highest BCUT2D eigenvalue weighted by Gasteiger charge is 2.35. The van der Waals surface area contributed by atoms with Crippen LogP contribution < -0.4 is 15.0 Å². The van der Waals surface area contributed by atoms with Gasteiger partial charge in [-0.1, -0.05) is 12.1 Å². The van der Waals surface area contributed by atoms with Crippen molar-refractivity contribution >= 4 is 21.6 Å². The van der Waals surface area contributed by atoms with Crippen LogP contribution in [0.2, 0.25) is 0 Å². The number of aryl methyl sites for hydroxylation is 1. The number of anilines is 1. The third-order valence-electron chi connectivity index (χ3n) is 5.88. The van der Waals surface area contributed by atoms with Crippen molar-refractivity contribution in [3.05, 3.63) is 36.0 Å². The van der Waals surface area contributed by atoms with Gasteiger partial charge in [0.25, 0.3) is 15.9 Å². The molecular weight excluding hydrogens is 446 g/mol. The number of ether oxygens (including phenoxy) is 2. The van der Waals surface area contributed by atoms with E-state index in [1.807, 2.05) is 31.2 Å². The maximum Gasteiger partial charge on any atom is 0.263 e. The molecule has 1 unspecified atom stereocenters. The molecule has 1 aromatic heterocycles. The van der Waals surface area contributed by atoms with Gasteiger partial charge in [-0.05, 0) is 31.9 Å². The number of aromatic nitrogens is 2. The molecule has 0 bridgehead atoms. The van der Waals surface area contributed by atoms with Gasteiger partial charge in [0.2, 0.25) is 5.03 Å². The van der Waals surface area contributed by atoms with Crippen molar-refractivity contribution in [2.45, 2.75) is 30.9 Å². The van der Waals surface area contributed by atoms with Crippen LogP contribution in [0.3, 0.4) is 0 Å². The minimum absolute atomic E-state index is 0.0293. The number of rotatable bonds is 8. The molecule has 1 aromatic carbocycles. The lowest BCUT2D eigenvalue weighted by Crippen LogP contribution is -2.49. The van der Waals surface area contributed by atoms with Crippen LogP contribution in [-0.2, 0) is 21.8 Å². The molecule has 2 aliphatic rings. The van der Waals surface area contributed by atoms with Gasteiger partial charge in [-0.25, -0.2) is 8.42 Å². The minimum Gasteiger partial charge on any atom is -0.492 e. The Bertz CT molecular complexity index is 1070. The fourth-order valence-electron chi connectivity index (χ4n) is 4.21. The lowest BCUT2D eigenvalue weighted by molar-refractivity contribution is 0.0855. The molecule has 2 fully saturated rings. The molecule has 2 aromatic rings. The molecule has 1 amide bonds. The first-order valence-electron chi connectivity index (χ1n) is 11.3. The monoisotopic (exact) mass is 477 g/mol. The second-order valence-electron chi connectivity index (χ2n) is 8.16. The molecule has 0 saturated carbocycles. The number of piperazine rings is 1. The Morgan fingerprint density at radius 1 is 1.24 bits per heavy atom. The Morgan fingerprint density at radius 3 is 2.70 bits per heavy atom. The normalized spacial score (nSPS) is 19.6. The van der Waals surface area contributed by atoms with Crippen LogP contribution in [0.5, 0.6) is 5.75 Å². The summed E-state index contributed by atoms with van der Waals surface area (Å²) in [6, 6.07) is 7.75. The summed E-state index contributed by atoms with van der Waals surface area (Å²) in [5, 5.41) is 6.72. The summed E-state index contributed by atoms with van der Waals surface area (Å²) in [5.74, 6) is 0.327. The molecule has 0 spiro atoms. The molecule has 1 atom stereocenters. The molecule has 4 rings (SSSR count). The fraction of sp³-hybridized carbons (Fsp3) is 0.545. The first-order valence-corrected chi connectivity index (χ1v) is 12.7. The average Bonchev–Trinajstić information content (AvgIpc) is 3.48. The topological polar surface area (TPSA) is 106 Å². The van der Waals surface area contributed by atoms with Gasteiger partial charge in [-0.15, -0.1) is 0 Å². The van der Waals surface area contributed by atoms with Gasteiger partial charge in [0.15, 0.2) is 0 Å². The van der Waals surface area contributed by atoms with E-state index in [1.165, 1.54) is 15.2 Å². The summed E-state index contributed by atoms with van der Waals surface area (Å²) >= 11 is 0. The van der Waals surface area contributed by atoms with E-state index in [0.717, 1.165) is 24.3 Å². The van der Waals surface area contributed by atoms with Gasteiger partial charge in [0.05, 0.1) is 24.0 Å². The molecule has 180 valence electrons. The molecule has 2 saturated heterocycles. The number of carbonyl (C=O) groups excluding carboxylic acids is 1. The Hall–Kier alpha value is -2.63. The van der Waals surface area contributed by atoms with Crippen molar-refractivity contribution in [1.82, 2.24) is 19.4 Å². The molecule has 10 nitrogen and oxygen atoms in total. The number of nitrogens with one attached hydrogen (secondary N) is 1. The molecule has 0 aliphatic carbocycles. The molecule has 3 heterocycles. The van der Waals surface area contributed by atoms with Crippen molar-refractivity contribution in [2.75, 3.05) is 50.8 Å². The zero-order chi connectivity index (χ0) is 23.4. The lowest BCUT2D eigenvalue weighted by atomic mass is 10.2. The predicted octanol–water partition coefficient (Wildman–Crippen LogP) is 1.24. The molecule has 33 heavy (non-hydrogen) atoms. The quantitative estimate of drug-likeness (QED) is 0.610. The minimum atomic E-state index is -3.93. The standard InChI is InChI=1S/C22H31N5O5S/c1-3-31-20-9-5-4-8-19(20)26-10-12-27(13-11-26)33(29,30)22-18(16-25(2)24-22)21(28)23-15-17-7-6-14-32-17/h4-5,8-9,16-17H,3,6-7,10-15H2,1-2H3,(H,23,28). The Labute approximate surface area is 194 Å². The zero-order valence-corrected chi connectivity index (χ0v) is 19.9. The van der Waals surface area contributed by atoms with Crippen molar-refractivity contribution in [2.24, 2.45) is 7.05 Å². The van der Waals surface area contributed by atoms with Gasteiger partial charge >= 0.3 is 0 Å². The molecule has 1 N–H and O–H groups in total. The third kappa shape index (κ3) is 5.15. The lowest BCUT2D eigenvalue weighted by Gasteiger charge is -2.35. The van der Waals surface area contributed by atoms with E-state index in [4.69, 9.17) is 9.47 Å². The molecule has 2 aliphatic heterocycles. The first kappa shape index (κ1) is 23.5. The number of benzene rings is 1. The largest absolute Gasteiger partial charge is 0.492 e. The van der Waals surface area contributed by atoms with Crippen molar-refractivity contribution in [3.8, 4) is 5.75 Å². The van der Waals surface area contributed by atoms with Gasteiger partial charge < -0.3 is 19.7 Å². The summed E-state index contributed by atoms with van der Waals surface area (Å²) in [6.45, 7) is 5.13. The van der Waals surface area contributed by atoms with E-state index in [1.54, 1.807) is 7.05 Å². The second kappa shape index (κ2) is 10.1. The highest BCUT2D eigenvalue weighted by atomic mass is 32.2. The van der Waals surface area contributed by atoms with Crippen molar-refractivity contribution in [1.29, 1.82) is 0 Å². The van der Waals surface area contributed by atoms with Crippen molar-refractivity contribution in [3.63, 3.8) is 0 Å². The fourth-order valence-corrected chi connectivity index (χ4v) is 5.75. The highest BCUT2D eigenvalue weighted by molar-refractivity contribution is 7.89. The van der Waals surface area contributed by atoms with E-state index in [0.29, 0.717) is 32.8 Å². The van der Waals surface area contributed by atoms with Gasteiger partial charge in [0, 0.05) is 52.6 Å². The highest BCUT2D eigenvalue weighted by Crippen LogP contribution is 2.30. The number of amides is 1. The van der Waals surface area contributed by atoms with Crippen LogP contribution in [-0.4, -0.2) is 80.5 Å². The Balaban J connectivity index is 1.46. The van der Waals surface area contributed by atoms with Crippen LogP contribution in [0.15, 0.2) is 35.5 Å². The van der Waals surface area contributed by atoms with E-state index < -0.39 is 15.9 Å². The smallest absolute Gasteiger partial charge is 0.263 e. The summed E-state index contributed by atoms with van der Waals surface area (Å²) in [7, 11) is -2.32. The summed E-state index contributed by atoms with van der Waals surface area (Å²) in [4.78, 5) is 14.9. The van der Waals surface area contributed by atoms with Crippen LogP contribution >= 0.6 is 0 Å². The second-order valence-corrected chi connectivity index (χ2v) is 10.0.